The molecule has 0 aliphatic heterocycles. The lowest BCUT2D eigenvalue weighted by molar-refractivity contribution is 0.960. The van der Waals surface area contributed by atoms with Gasteiger partial charge in [-0.05, 0) is 46.3 Å². The van der Waals surface area contributed by atoms with Crippen molar-refractivity contribution >= 4 is 44.3 Å². The molecule has 0 radical (unpaired) electrons. The Morgan fingerprint density at radius 2 is 1.95 bits per heavy atom. The van der Waals surface area contributed by atoms with Crippen molar-refractivity contribution in [3.63, 3.8) is 0 Å². The van der Waals surface area contributed by atoms with E-state index in [0.717, 1.165) is 4.47 Å². The van der Waals surface area contributed by atoms with Crippen LogP contribution in [0.15, 0.2) is 51.7 Å². The van der Waals surface area contributed by atoms with Gasteiger partial charge in [-0.2, -0.15) is 4.98 Å². The van der Waals surface area contributed by atoms with Crippen molar-refractivity contribution in [2.75, 3.05) is 5.73 Å². The number of nitrogens with two attached hydrogens (primary N) is 1. The first kappa shape index (κ1) is 13.1. The molecular formula is C14H9BrClN3O. The van der Waals surface area contributed by atoms with Crippen molar-refractivity contribution in [1.29, 1.82) is 0 Å². The first-order chi connectivity index (χ1) is 9.58. The van der Waals surface area contributed by atoms with Crippen LogP contribution in [0.2, 0.25) is 5.02 Å². The quantitative estimate of drug-likeness (QED) is 0.732. The molecule has 1 aromatic heterocycles. The second kappa shape index (κ2) is 4.92. The Balaban J connectivity index is 2.50. The van der Waals surface area contributed by atoms with Crippen LogP contribution in [0.4, 0.5) is 5.82 Å². The molecule has 0 atom stereocenters. The number of nitrogens with zero attached hydrogens (tertiary/aromatic N) is 2. The largest absolute Gasteiger partial charge is 0.383 e. The second-order valence-electron chi connectivity index (χ2n) is 4.23. The van der Waals surface area contributed by atoms with Crippen LogP contribution < -0.4 is 11.4 Å². The molecule has 20 heavy (non-hydrogen) atoms. The van der Waals surface area contributed by atoms with Gasteiger partial charge in [-0.1, -0.05) is 23.7 Å². The molecule has 6 heteroatoms. The van der Waals surface area contributed by atoms with Gasteiger partial charge in [0, 0.05) is 14.9 Å². The van der Waals surface area contributed by atoms with Crippen LogP contribution in [0.3, 0.4) is 0 Å². The third kappa shape index (κ3) is 2.09. The Morgan fingerprint density at radius 1 is 1.20 bits per heavy atom. The maximum atomic E-state index is 12.2. The summed E-state index contributed by atoms with van der Waals surface area (Å²) < 4.78 is 2.27. The van der Waals surface area contributed by atoms with Gasteiger partial charge in [0.05, 0.1) is 11.2 Å². The topological polar surface area (TPSA) is 60.9 Å². The average molecular weight is 351 g/mol. The highest BCUT2D eigenvalue weighted by Gasteiger charge is 2.12. The highest BCUT2D eigenvalue weighted by Crippen LogP contribution is 2.26. The second-order valence-corrected chi connectivity index (χ2v) is 5.52. The molecule has 0 amide bonds. The highest BCUT2D eigenvalue weighted by molar-refractivity contribution is 9.10. The van der Waals surface area contributed by atoms with E-state index in [9.17, 15) is 4.79 Å². The number of benzene rings is 2. The van der Waals surface area contributed by atoms with E-state index in [2.05, 4.69) is 20.9 Å². The number of halogens is 2. The summed E-state index contributed by atoms with van der Waals surface area (Å²) in [5, 5.41) is 1.22. The van der Waals surface area contributed by atoms with Gasteiger partial charge in [0.25, 0.3) is 0 Å². The fourth-order valence-corrected chi connectivity index (χ4v) is 2.72. The molecule has 0 bridgehead atoms. The zero-order valence-corrected chi connectivity index (χ0v) is 12.5. The van der Waals surface area contributed by atoms with Gasteiger partial charge in [0.1, 0.15) is 5.82 Å². The van der Waals surface area contributed by atoms with Crippen molar-refractivity contribution < 1.29 is 0 Å². The summed E-state index contributed by atoms with van der Waals surface area (Å²) in [5.74, 6) is 0.199. The van der Waals surface area contributed by atoms with Crippen LogP contribution in [-0.2, 0) is 0 Å². The Hall–Kier alpha value is -1.85. The third-order valence-electron chi connectivity index (χ3n) is 2.98. The summed E-state index contributed by atoms with van der Waals surface area (Å²) in [4.78, 5) is 16.1. The molecule has 100 valence electrons. The molecule has 0 aliphatic carbocycles. The minimum absolute atomic E-state index is 0.199. The van der Waals surface area contributed by atoms with E-state index < -0.39 is 5.69 Å². The first-order valence-electron chi connectivity index (χ1n) is 5.80. The van der Waals surface area contributed by atoms with Crippen LogP contribution >= 0.6 is 27.5 Å². The van der Waals surface area contributed by atoms with Crippen molar-refractivity contribution in [2.24, 2.45) is 0 Å². The summed E-state index contributed by atoms with van der Waals surface area (Å²) in [6.07, 6.45) is 0. The molecule has 0 saturated heterocycles. The number of anilines is 1. The molecule has 2 N–H and O–H groups in total. The molecule has 0 spiro atoms. The molecule has 2 aromatic carbocycles. The van der Waals surface area contributed by atoms with Gasteiger partial charge in [0.2, 0.25) is 0 Å². The zero-order valence-electron chi connectivity index (χ0n) is 10.2. The SMILES string of the molecule is Nc1nc(=O)n(-c2ccccc2Br)c2cc(Cl)ccc12. The van der Waals surface area contributed by atoms with Crippen LogP contribution in [0, 0.1) is 0 Å². The van der Waals surface area contributed by atoms with Gasteiger partial charge < -0.3 is 5.73 Å². The molecule has 0 aliphatic rings. The number of hydrogen-bond acceptors (Lipinski definition) is 3. The van der Waals surface area contributed by atoms with E-state index in [1.807, 2.05) is 24.3 Å². The number of aromatic nitrogens is 2. The van der Waals surface area contributed by atoms with Crippen LogP contribution in [-0.4, -0.2) is 9.55 Å². The van der Waals surface area contributed by atoms with Crippen molar-refractivity contribution in [1.82, 2.24) is 9.55 Å². The fraction of sp³-hybridized carbons (Fsp3) is 0. The standard InChI is InChI=1S/C14H9BrClN3O/c15-10-3-1-2-4-11(10)19-12-7-8(16)5-6-9(12)13(17)18-14(19)20/h1-7H,(H2,17,18,20). The minimum atomic E-state index is -0.441. The smallest absolute Gasteiger partial charge is 0.354 e. The fourth-order valence-electron chi connectivity index (χ4n) is 2.09. The molecule has 3 rings (SSSR count). The number of para-hydroxylation sites is 1. The maximum Gasteiger partial charge on any atom is 0.354 e. The molecular weight excluding hydrogens is 342 g/mol. The molecule has 3 aromatic rings. The van der Waals surface area contributed by atoms with E-state index in [1.54, 1.807) is 18.2 Å². The Morgan fingerprint density at radius 3 is 2.70 bits per heavy atom. The van der Waals surface area contributed by atoms with E-state index in [1.165, 1.54) is 4.57 Å². The zero-order chi connectivity index (χ0) is 14.3. The number of nitrogen functional groups attached to an aromatic ring is 1. The van der Waals surface area contributed by atoms with Crippen molar-refractivity contribution in [2.45, 2.75) is 0 Å². The van der Waals surface area contributed by atoms with Gasteiger partial charge in [0.15, 0.2) is 0 Å². The molecule has 1 heterocycles. The molecule has 0 saturated carbocycles. The molecule has 0 unspecified atom stereocenters. The molecule has 4 nitrogen and oxygen atoms in total. The summed E-state index contributed by atoms with van der Waals surface area (Å²) in [6.45, 7) is 0. The van der Waals surface area contributed by atoms with Gasteiger partial charge in [-0.25, -0.2) is 4.79 Å². The van der Waals surface area contributed by atoms with Gasteiger partial charge in [-0.15, -0.1) is 0 Å². The lowest BCUT2D eigenvalue weighted by atomic mass is 10.2. The van der Waals surface area contributed by atoms with Gasteiger partial charge >= 0.3 is 5.69 Å². The monoisotopic (exact) mass is 349 g/mol. The first-order valence-corrected chi connectivity index (χ1v) is 6.98. The third-order valence-corrected chi connectivity index (χ3v) is 3.88. The molecule has 0 fully saturated rings. The Kier molecular flexibility index (Phi) is 3.23. The van der Waals surface area contributed by atoms with Crippen LogP contribution in [0.5, 0.6) is 0 Å². The maximum absolute atomic E-state index is 12.2. The number of rotatable bonds is 1. The van der Waals surface area contributed by atoms with Crippen LogP contribution in [0.1, 0.15) is 0 Å². The minimum Gasteiger partial charge on any atom is -0.383 e. The van der Waals surface area contributed by atoms with E-state index >= 15 is 0 Å². The van der Waals surface area contributed by atoms with Crippen molar-refractivity contribution in [3.05, 3.63) is 62.4 Å². The highest BCUT2D eigenvalue weighted by atomic mass is 79.9. The lowest BCUT2D eigenvalue weighted by Crippen LogP contribution is -2.23. The predicted molar refractivity (Wildman–Crippen MR) is 84.5 cm³/mol. The van der Waals surface area contributed by atoms with Crippen LogP contribution in [0.25, 0.3) is 16.6 Å². The average Bonchev–Trinajstić information content (AvgIpc) is 2.40. The normalized spacial score (nSPS) is 10.9. The summed E-state index contributed by atoms with van der Waals surface area (Å²) in [6, 6.07) is 12.6. The summed E-state index contributed by atoms with van der Waals surface area (Å²) in [7, 11) is 0. The Bertz CT molecular complexity index is 876. The summed E-state index contributed by atoms with van der Waals surface area (Å²) >= 11 is 9.47. The van der Waals surface area contributed by atoms with E-state index in [0.29, 0.717) is 21.6 Å². The van der Waals surface area contributed by atoms with E-state index in [-0.39, 0.29) is 5.82 Å². The summed E-state index contributed by atoms with van der Waals surface area (Å²) in [5.41, 5.74) is 6.69. The number of fused-ring (bicyclic) bond motifs is 1. The lowest BCUT2D eigenvalue weighted by Gasteiger charge is -2.12. The van der Waals surface area contributed by atoms with Crippen molar-refractivity contribution in [3.8, 4) is 5.69 Å². The number of hydrogen-bond donors (Lipinski definition) is 1. The van der Waals surface area contributed by atoms with E-state index in [4.69, 9.17) is 17.3 Å². The predicted octanol–water partition coefficient (Wildman–Crippen LogP) is 3.38. The van der Waals surface area contributed by atoms with Gasteiger partial charge in [-0.3, -0.25) is 4.57 Å². The Labute approximate surface area is 127 Å².